The fourth-order valence-corrected chi connectivity index (χ4v) is 5.72. The third-order valence-electron chi connectivity index (χ3n) is 7.47. The lowest BCUT2D eigenvalue weighted by molar-refractivity contribution is -0.139. The summed E-state index contributed by atoms with van der Waals surface area (Å²) in [5.41, 5.74) is 0.0678. The largest absolute Gasteiger partial charge is 0.355 e. The first-order valence-corrected chi connectivity index (χ1v) is 12.0. The maximum Gasteiger partial charge on any atom is 0.260 e. The molecule has 1 spiro atoms. The highest BCUT2D eigenvalue weighted by Crippen LogP contribution is 2.45. The van der Waals surface area contributed by atoms with Crippen LogP contribution in [0.4, 0.5) is 20.5 Å². The highest BCUT2D eigenvalue weighted by molar-refractivity contribution is 6.30. The van der Waals surface area contributed by atoms with Crippen molar-refractivity contribution >= 4 is 29.3 Å². The van der Waals surface area contributed by atoms with E-state index in [4.69, 9.17) is 11.6 Å². The summed E-state index contributed by atoms with van der Waals surface area (Å²) in [6, 6.07) is 8.67. The molecular formula is C24H22ClF2N7O. The molecule has 3 fully saturated rings. The number of alkyl halides is 1. The van der Waals surface area contributed by atoms with Gasteiger partial charge in [0.15, 0.2) is 11.5 Å². The first kappa shape index (κ1) is 21.0. The van der Waals surface area contributed by atoms with Gasteiger partial charge in [0.25, 0.3) is 5.91 Å². The van der Waals surface area contributed by atoms with Crippen molar-refractivity contribution in [3.05, 3.63) is 58.8 Å². The summed E-state index contributed by atoms with van der Waals surface area (Å²) >= 11 is 6.28. The Labute approximate surface area is 205 Å². The highest BCUT2D eigenvalue weighted by atomic mass is 35.5. The lowest BCUT2D eigenvalue weighted by Gasteiger charge is -2.60. The minimum absolute atomic E-state index is 0.130. The number of carbonyl (C=O) groups is 1. The van der Waals surface area contributed by atoms with E-state index in [2.05, 4.69) is 25.0 Å². The molecule has 0 bridgehead atoms. The Balaban J connectivity index is 1.15. The van der Waals surface area contributed by atoms with E-state index in [1.807, 2.05) is 16.7 Å². The number of anilines is 2. The van der Waals surface area contributed by atoms with E-state index >= 15 is 0 Å². The lowest BCUT2D eigenvalue weighted by Crippen LogP contribution is -2.73. The number of nitrogens with zero attached hydrogens (tertiary/aromatic N) is 7. The first-order valence-electron chi connectivity index (χ1n) is 11.7. The molecule has 5 heterocycles. The summed E-state index contributed by atoms with van der Waals surface area (Å²) in [4.78, 5) is 22.9. The number of halogens is 3. The molecule has 35 heavy (non-hydrogen) atoms. The van der Waals surface area contributed by atoms with Gasteiger partial charge in [-0.05, 0) is 48.7 Å². The van der Waals surface area contributed by atoms with Crippen LogP contribution in [0.1, 0.15) is 24.2 Å². The molecule has 1 saturated carbocycles. The zero-order valence-electron chi connectivity index (χ0n) is 18.8. The molecule has 2 aromatic heterocycles. The Morgan fingerprint density at radius 1 is 1.00 bits per heavy atom. The molecule has 180 valence electrons. The van der Waals surface area contributed by atoms with Crippen molar-refractivity contribution in [2.75, 3.05) is 36.0 Å². The third-order valence-corrected chi connectivity index (χ3v) is 7.71. The molecule has 1 amide bonds. The lowest BCUT2D eigenvalue weighted by atomic mass is 9.73. The molecule has 8 nitrogen and oxygen atoms in total. The molecule has 3 aliphatic heterocycles. The van der Waals surface area contributed by atoms with Gasteiger partial charge in [0.1, 0.15) is 11.6 Å². The second-order valence-corrected chi connectivity index (χ2v) is 10.6. The molecule has 0 N–H and O–H groups in total. The minimum atomic E-state index is -1.75. The fraction of sp³-hybridized carbons (Fsp3) is 0.417. The van der Waals surface area contributed by atoms with Crippen molar-refractivity contribution in [3.63, 3.8) is 0 Å². The van der Waals surface area contributed by atoms with Gasteiger partial charge in [-0.25, -0.2) is 13.8 Å². The van der Waals surface area contributed by atoms with E-state index in [-0.39, 0.29) is 37.2 Å². The molecule has 0 radical (unpaired) electrons. The van der Waals surface area contributed by atoms with E-state index in [0.717, 1.165) is 43.2 Å². The number of aromatic nitrogens is 4. The van der Waals surface area contributed by atoms with E-state index in [1.165, 1.54) is 17.2 Å². The zero-order valence-corrected chi connectivity index (χ0v) is 19.5. The van der Waals surface area contributed by atoms with Crippen molar-refractivity contribution in [3.8, 4) is 5.69 Å². The monoisotopic (exact) mass is 497 g/mol. The summed E-state index contributed by atoms with van der Waals surface area (Å²) in [5, 5.41) is 9.43. The van der Waals surface area contributed by atoms with Crippen LogP contribution in [0, 0.1) is 11.2 Å². The van der Waals surface area contributed by atoms with Crippen LogP contribution in [0.5, 0.6) is 0 Å². The molecule has 0 atom stereocenters. The number of pyridine rings is 1. The van der Waals surface area contributed by atoms with Gasteiger partial charge in [-0.15, -0.1) is 10.2 Å². The van der Waals surface area contributed by atoms with Crippen LogP contribution >= 0.6 is 11.6 Å². The normalized spacial score (nSPS) is 21.1. The molecule has 4 aliphatic rings. The van der Waals surface area contributed by atoms with Crippen molar-refractivity contribution < 1.29 is 13.6 Å². The Kier molecular flexibility index (Phi) is 4.29. The topological polar surface area (TPSA) is 70.4 Å². The van der Waals surface area contributed by atoms with Crippen LogP contribution in [0.25, 0.3) is 5.69 Å². The molecule has 1 aromatic carbocycles. The smallest absolute Gasteiger partial charge is 0.260 e. The van der Waals surface area contributed by atoms with E-state index < -0.39 is 11.6 Å². The molecule has 0 unspecified atom stereocenters. The Bertz CT molecular complexity index is 1340. The minimum Gasteiger partial charge on any atom is -0.355 e. The van der Waals surface area contributed by atoms with E-state index in [1.54, 1.807) is 12.1 Å². The summed E-state index contributed by atoms with van der Waals surface area (Å²) in [6.45, 7) is 3.76. The van der Waals surface area contributed by atoms with Crippen molar-refractivity contribution in [1.29, 1.82) is 0 Å². The van der Waals surface area contributed by atoms with Gasteiger partial charge in [0.05, 0.1) is 18.4 Å². The number of amides is 1. The van der Waals surface area contributed by atoms with Crippen LogP contribution in [-0.4, -0.2) is 62.4 Å². The van der Waals surface area contributed by atoms with Gasteiger partial charge < -0.3 is 14.7 Å². The number of carbonyl (C=O) groups excluding carboxylic acids is 1. The van der Waals surface area contributed by atoms with Crippen molar-refractivity contribution in [2.24, 2.45) is 5.41 Å². The Morgan fingerprint density at radius 2 is 1.77 bits per heavy atom. The van der Waals surface area contributed by atoms with Crippen molar-refractivity contribution in [1.82, 2.24) is 24.6 Å². The van der Waals surface area contributed by atoms with E-state index in [0.29, 0.717) is 16.8 Å². The number of hydrogen-bond acceptors (Lipinski definition) is 6. The summed E-state index contributed by atoms with van der Waals surface area (Å²) in [6.07, 6.45) is 1.77. The van der Waals surface area contributed by atoms with Gasteiger partial charge >= 0.3 is 0 Å². The van der Waals surface area contributed by atoms with Gasteiger partial charge in [-0.1, -0.05) is 11.6 Å². The first-order chi connectivity index (χ1) is 16.8. The van der Waals surface area contributed by atoms with Crippen LogP contribution in [0.3, 0.4) is 0 Å². The molecule has 1 aliphatic carbocycles. The van der Waals surface area contributed by atoms with Crippen LogP contribution in [0.15, 0.2) is 36.5 Å². The third kappa shape index (κ3) is 3.30. The van der Waals surface area contributed by atoms with Crippen LogP contribution in [0.2, 0.25) is 5.02 Å². The predicted octanol–water partition coefficient (Wildman–Crippen LogP) is 3.13. The van der Waals surface area contributed by atoms with Crippen molar-refractivity contribution in [2.45, 2.75) is 31.6 Å². The standard InChI is InChI=1S/C24H22ClF2N7O/c25-16-1-3-18-15(7-16)9-31(21(35)24(27)5-6-24)10-20-29-30-22(34(18)20)33-13-23(14-33)11-32(12-23)19-4-2-17(26)8-28-19/h1-4,7-8H,5-6,9-14H2. The number of benzene rings is 1. The summed E-state index contributed by atoms with van der Waals surface area (Å²) in [5.74, 6) is 1.26. The number of rotatable bonds is 3. The predicted molar refractivity (Wildman–Crippen MR) is 125 cm³/mol. The maximum atomic E-state index is 14.6. The Morgan fingerprint density at radius 3 is 2.49 bits per heavy atom. The molecule has 11 heteroatoms. The SMILES string of the molecule is O=C(N1Cc2cc(Cl)ccc2-n2c(nnc2N2CC3(CN(c4ccc(F)cn4)C3)C2)C1)C1(F)CC1. The number of fused-ring (bicyclic) bond motifs is 3. The molecule has 2 saturated heterocycles. The summed E-state index contributed by atoms with van der Waals surface area (Å²) < 4.78 is 29.8. The second kappa shape index (κ2) is 7.13. The van der Waals surface area contributed by atoms with Gasteiger partial charge in [-0.3, -0.25) is 9.36 Å². The number of hydrogen-bond donors (Lipinski definition) is 0. The average molecular weight is 498 g/mol. The van der Waals surface area contributed by atoms with Gasteiger partial charge in [0, 0.05) is 43.2 Å². The van der Waals surface area contributed by atoms with Crippen LogP contribution in [-0.2, 0) is 17.9 Å². The highest BCUT2D eigenvalue weighted by Gasteiger charge is 2.55. The molecule has 3 aromatic rings. The van der Waals surface area contributed by atoms with Crippen LogP contribution < -0.4 is 9.80 Å². The zero-order chi connectivity index (χ0) is 23.9. The van der Waals surface area contributed by atoms with Gasteiger partial charge in [0.2, 0.25) is 5.95 Å². The van der Waals surface area contributed by atoms with Gasteiger partial charge in [-0.2, -0.15) is 0 Å². The van der Waals surface area contributed by atoms with E-state index in [9.17, 15) is 13.6 Å². The molecular weight excluding hydrogens is 476 g/mol. The summed E-state index contributed by atoms with van der Waals surface area (Å²) in [7, 11) is 0. The maximum absolute atomic E-state index is 14.6. The molecule has 7 rings (SSSR count). The fourth-order valence-electron chi connectivity index (χ4n) is 5.53. The Hall–Kier alpha value is -3.27. The quantitative estimate of drug-likeness (QED) is 0.554. The second-order valence-electron chi connectivity index (χ2n) is 10.2. The average Bonchev–Trinajstić information content (AvgIpc) is 3.45.